The predicted molar refractivity (Wildman–Crippen MR) is 111 cm³/mol. The van der Waals surface area contributed by atoms with Gasteiger partial charge in [0, 0.05) is 24.5 Å². The molecule has 1 aromatic heterocycles. The summed E-state index contributed by atoms with van der Waals surface area (Å²) >= 11 is 3.31. The SMILES string of the molecule is CCCCCOc1ccc(C(=O)N2CCCC(Oc3ncc(Br)cn3)C2)cc1. The standard InChI is InChI=1S/C21H26BrN3O3/c1-2-3-4-12-27-18-9-7-16(8-10-18)20(26)25-11-5-6-19(15-25)28-21-23-13-17(22)14-24-21/h7-10,13-14,19H,2-6,11-12,15H2,1H3. The van der Waals surface area contributed by atoms with Crippen LogP contribution in [0, 0.1) is 0 Å². The van der Waals surface area contributed by atoms with Gasteiger partial charge in [0.1, 0.15) is 11.9 Å². The van der Waals surface area contributed by atoms with Gasteiger partial charge in [-0.25, -0.2) is 9.97 Å². The second-order valence-corrected chi connectivity index (χ2v) is 7.81. The molecule has 150 valence electrons. The molecule has 1 atom stereocenters. The minimum Gasteiger partial charge on any atom is -0.494 e. The molecule has 1 amide bonds. The van der Waals surface area contributed by atoms with Crippen molar-refractivity contribution in [1.82, 2.24) is 14.9 Å². The van der Waals surface area contributed by atoms with Gasteiger partial charge in [-0.3, -0.25) is 4.79 Å². The average Bonchev–Trinajstić information content (AvgIpc) is 2.73. The maximum Gasteiger partial charge on any atom is 0.316 e. The van der Waals surface area contributed by atoms with Crippen molar-refractivity contribution in [1.29, 1.82) is 0 Å². The summed E-state index contributed by atoms with van der Waals surface area (Å²) in [7, 11) is 0. The number of likely N-dealkylation sites (tertiary alicyclic amines) is 1. The highest BCUT2D eigenvalue weighted by atomic mass is 79.9. The van der Waals surface area contributed by atoms with E-state index in [1.165, 1.54) is 12.8 Å². The lowest BCUT2D eigenvalue weighted by atomic mass is 10.1. The van der Waals surface area contributed by atoms with Crippen molar-refractivity contribution >= 4 is 21.8 Å². The van der Waals surface area contributed by atoms with Gasteiger partial charge in [-0.2, -0.15) is 0 Å². The maximum atomic E-state index is 12.8. The monoisotopic (exact) mass is 447 g/mol. The van der Waals surface area contributed by atoms with Crippen LogP contribution in [0.15, 0.2) is 41.1 Å². The summed E-state index contributed by atoms with van der Waals surface area (Å²) in [6, 6.07) is 7.74. The first kappa shape index (κ1) is 20.6. The topological polar surface area (TPSA) is 64.5 Å². The molecule has 1 unspecified atom stereocenters. The third-order valence-electron chi connectivity index (χ3n) is 4.65. The lowest BCUT2D eigenvalue weighted by molar-refractivity contribution is 0.0515. The van der Waals surface area contributed by atoms with E-state index in [0.29, 0.717) is 24.7 Å². The lowest BCUT2D eigenvalue weighted by Crippen LogP contribution is -2.44. The van der Waals surface area contributed by atoms with E-state index in [-0.39, 0.29) is 12.0 Å². The van der Waals surface area contributed by atoms with Gasteiger partial charge in [-0.15, -0.1) is 0 Å². The Kier molecular flexibility index (Phi) is 7.65. The lowest BCUT2D eigenvalue weighted by Gasteiger charge is -2.32. The van der Waals surface area contributed by atoms with E-state index in [4.69, 9.17) is 9.47 Å². The minimum absolute atomic E-state index is 0.0163. The summed E-state index contributed by atoms with van der Waals surface area (Å²) in [5, 5.41) is 0. The first-order valence-electron chi connectivity index (χ1n) is 9.82. The van der Waals surface area contributed by atoms with Gasteiger partial charge < -0.3 is 14.4 Å². The molecule has 6 nitrogen and oxygen atoms in total. The number of nitrogens with zero attached hydrogens (tertiary/aromatic N) is 3. The van der Waals surface area contributed by atoms with Gasteiger partial charge in [0.05, 0.1) is 17.6 Å². The van der Waals surface area contributed by atoms with E-state index in [1.54, 1.807) is 12.4 Å². The molecule has 0 bridgehead atoms. The molecule has 2 aromatic rings. The Morgan fingerprint density at radius 2 is 1.96 bits per heavy atom. The van der Waals surface area contributed by atoms with Crippen molar-refractivity contribution in [3.63, 3.8) is 0 Å². The predicted octanol–water partition coefficient (Wildman–Crippen LogP) is 4.49. The van der Waals surface area contributed by atoms with Crippen LogP contribution in [-0.4, -0.2) is 46.6 Å². The molecular formula is C21H26BrN3O3. The van der Waals surface area contributed by atoms with Crippen LogP contribution in [0.4, 0.5) is 0 Å². The number of carbonyl (C=O) groups excluding carboxylic acids is 1. The molecule has 1 aliphatic heterocycles. The summed E-state index contributed by atoms with van der Waals surface area (Å²) < 4.78 is 12.4. The Morgan fingerprint density at radius 3 is 2.68 bits per heavy atom. The van der Waals surface area contributed by atoms with Gasteiger partial charge >= 0.3 is 6.01 Å². The normalized spacial score (nSPS) is 16.6. The maximum absolute atomic E-state index is 12.8. The fourth-order valence-electron chi connectivity index (χ4n) is 3.15. The van der Waals surface area contributed by atoms with E-state index in [9.17, 15) is 4.79 Å². The Morgan fingerprint density at radius 1 is 1.21 bits per heavy atom. The van der Waals surface area contributed by atoms with Crippen LogP contribution in [-0.2, 0) is 0 Å². The van der Waals surface area contributed by atoms with Crippen molar-refractivity contribution in [3.05, 3.63) is 46.7 Å². The molecule has 1 fully saturated rings. The number of unbranched alkanes of at least 4 members (excludes halogenated alkanes) is 2. The zero-order valence-electron chi connectivity index (χ0n) is 16.1. The van der Waals surface area contributed by atoms with Crippen molar-refractivity contribution in [2.24, 2.45) is 0 Å². The molecule has 1 aliphatic rings. The summed E-state index contributed by atoms with van der Waals surface area (Å²) in [5.41, 5.74) is 0.668. The number of benzene rings is 1. The highest BCUT2D eigenvalue weighted by Crippen LogP contribution is 2.20. The largest absolute Gasteiger partial charge is 0.494 e. The van der Waals surface area contributed by atoms with Crippen molar-refractivity contribution < 1.29 is 14.3 Å². The van der Waals surface area contributed by atoms with Crippen LogP contribution in [0.25, 0.3) is 0 Å². The molecule has 2 heterocycles. The van der Waals surface area contributed by atoms with E-state index >= 15 is 0 Å². The zero-order chi connectivity index (χ0) is 19.8. The zero-order valence-corrected chi connectivity index (χ0v) is 17.7. The second kappa shape index (κ2) is 10.4. The average molecular weight is 448 g/mol. The third-order valence-corrected chi connectivity index (χ3v) is 5.06. The highest BCUT2D eigenvalue weighted by Gasteiger charge is 2.26. The van der Waals surface area contributed by atoms with Gasteiger partial charge in [0.15, 0.2) is 0 Å². The van der Waals surface area contributed by atoms with Crippen LogP contribution >= 0.6 is 15.9 Å². The number of ether oxygens (including phenoxy) is 2. The molecule has 0 radical (unpaired) electrons. The second-order valence-electron chi connectivity index (χ2n) is 6.90. The van der Waals surface area contributed by atoms with Crippen molar-refractivity contribution in [2.45, 2.75) is 45.1 Å². The van der Waals surface area contributed by atoms with E-state index in [1.807, 2.05) is 29.2 Å². The van der Waals surface area contributed by atoms with Crippen LogP contribution in [0.1, 0.15) is 49.4 Å². The summed E-state index contributed by atoms with van der Waals surface area (Å²) in [6.45, 7) is 4.15. The molecule has 0 spiro atoms. The molecule has 3 rings (SSSR count). The van der Waals surface area contributed by atoms with Crippen molar-refractivity contribution in [2.75, 3.05) is 19.7 Å². The number of piperidine rings is 1. The van der Waals surface area contributed by atoms with Crippen LogP contribution in [0.5, 0.6) is 11.8 Å². The molecule has 0 saturated carbocycles. The van der Waals surface area contributed by atoms with Crippen LogP contribution in [0.3, 0.4) is 0 Å². The first-order valence-corrected chi connectivity index (χ1v) is 10.6. The van der Waals surface area contributed by atoms with Gasteiger partial charge in [-0.1, -0.05) is 19.8 Å². The van der Waals surface area contributed by atoms with Crippen molar-refractivity contribution in [3.8, 4) is 11.8 Å². The smallest absolute Gasteiger partial charge is 0.316 e. The van der Waals surface area contributed by atoms with Crippen LogP contribution < -0.4 is 9.47 Å². The van der Waals surface area contributed by atoms with E-state index in [0.717, 1.165) is 36.0 Å². The molecular weight excluding hydrogens is 422 g/mol. The Hall–Kier alpha value is -2.15. The molecule has 1 aromatic carbocycles. The summed E-state index contributed by atoms with van der Waals surface area (Å²) in [6.07, 6.45) is 8.37. The van der Waals surface area contributed by atoms with Gasteiger partial charge in [0.25, 0.3) is 5.91 Å². The Balaban J connectivity index is 1.53. The molecule has 28 heavy (non-hydrogen) atoms. The van der Waals surface area contributed by atoms with E-state index in [2.05, 4.69) is 32.8 Å². The minimum atomic E-state index is -0.0972. The quantitative estimate of drug-likeness (QED) is 0.557. The van der Waals surface area contributed by atoms with Gasteiger partial charge in [-0.05, 0) is 59.5 Å². The van der Waals surface area contributed by atoms with Gasteiger partial charge in [0.2, 0.25) is 0 Å². The fraction of sp³-hybridized carbons (Fsp3) is 0.476. The number of halogens is 1. The number of hydrogen-bond donors (Lipinski definition) is 0. The Bertz CT molecular complexity index is 752. The highest BCUT2D eigenvalue weighted by molar-refractivity contribution is 9.10. The number of rotatable bonds is 8. The number of carbonyl (C=O) groups is 1. The Labute approximate surface area is 174 Å². The fourth-order valence-corrected chi connectivity index (χ4v) is 3.35. The summed E-state index contributed by atoms with van der Waals surface area (Å²) in [4.78, 5) is 23.0. The first-order chi connectivity index (χ1) is 13.7. The third kappa shape index (κ3) is 5.92. The van der Waals surface area contributed by atoms with Crippen LogP contribution in [0.2, 0.25) is 0 Å². The molecule has 1 saturated heterocycles. The van der Waals surface area contributed by atoms with E-state index < -0.39 is 0 Å². The molecule has 7 heteroatoms. The molecule has 0 aliphatic carbocycles. The number of amides is 1. The summed E-state index contributed by atoms with van der Waals surface area (Å²) in [5.74, 6) is 0.822. The number of aromatic nitrogens is 2. The number of hydrogen-bond acceptors (Lipinski definition) is 5. The molecule has 0 N–H and O–H groups in total.